The molecule has 2 aliphatic heterocycles. The van der Waals surface area contributed by atoms with Gasteiger partial charge >= 0.3 is 0 Å². The van der Waals surface area contributed by atoms with Crippen LogP contribution in [0.5, 0.6) is 5.75 Å². The molecule has 1 aromatic heterocycles. The van der Waals surface area contributed by atoms with E-state index in [9.17, 15) is 9.59 Å². The summed E-state index contributed by atoms with van der Waals surface area (Å²) < 4.78 is 7.91. The first-order valence-electron chi connectivity index (χ1n) is 8.62. The van der Waals surface area contributed by atoms with Gasteiger partial charge in [-0.2, -0.15) is 0 Å². The maximum absolute atomic E-state index is 12.6. The molecule has 1 aromatic carbocycles. The zero-order valence-corrected chi connectivity index (χ0v) is 14.2. The van der Waals surface area contributed by atoms with Crippen LogP contribution in [0, 0.1) is 0 Å². The van der Waals surface area contributed by atoms with Crippen LogP contribution in [0.25, 0.3) is 0 Å². The van der Waals surface area contributed by atoms with Crippen molar-refractivity contribution in [2.24, 2.45) is 0 Å². The number of aromatic nitrogens is 1. The minimum Gasteiger partial charge on any atom is -0.484 e. The lowest BCUT2D eigenvalue weighted by molar-refractivity contribution is -0.136. The molecule has 2 amide bonds. The van der Waals surface area contributed by atoms with Gasteiger partial charge in [-0.3, -0.25) is 9.59 Å². The van der Waals surface area contributed by atoms with Gasteiger partial charge in [-0.25, -0.2) is 0 Å². The second-order valence-electron chi connectivity index (χ2n) is 6.55. The smallest absolute Gasteiger partial charge is 0.261 e. The number of fused-ring (bicyclic) bond motifs is 2. The van der Waals surface area contributed by atoms with Crippen LogP contribution in [0.2, 0.25) is 0 Å². The van der Waals surface area contributed by atoms with E-state index in [1.165, 1.54) is 0 Å². The van der Waals surface area contributed by atoms with Gasteiger partial charge in [0.15, 0.2) is 6.61 Å². The third-order valence-electron chi connectivity index (χ3n) is 5.00. The largest absolute Gasteiger partial charge is 0.484 e. The second-order valence-corrected chi connectivity index (χ2v) is 6.55. The van der Waals surface area contributed by atoms with Crippen molar-refractivity contribution in [3.8, 4) is 5.75 Å². The Hall–Kier alpha value is -2.76. The van der Waals surface area contributed by atoms with Gasteiger partial charge in [-0.05, 0) is 49.2 Å². The molecule has 25 heavy (non-hydrogen) atoms. The summed E-state index contributed by atoms with van der Waals surface area (Å²) in [6, 6.07) is 9.67. The molecule has 0 saturated carbocycles. The summed E-state index contributed by atoms with van der Waals surface area (Å²) in [6.07, 6.45) is 3.24. The molecule has 130 valence electrons. The predicted octanol–water partition coefficient (Wildman–Crippen LogP) is 2.36. The molecule has 0 aliphatic carbocycles. The Morgan fingerprint density at radius 2 is 2.16 bits per heavy atom. The van der Waals surface area contributed by atoms with Crippen molar-refractivity contribution in [2.75, 3.05) is 18.5 Å². The molecule has 0 spiro atoms. The maximum Gasteiger partial charge on any atom is 0.261 e. The Labute approximate surface area is 146 Å². The number of carbonyl (C=O) groups is 2. The van der Waals surface area contributed by atoms with E-state index in [4.69, 9.17) is 4.74 Å². The fourth-order valence-electron chi connectivity index (χ4n) is 3.60. The third-order valence-corrected chi connectivity index (χ3v) is 5.00. The van der Waals surface area contributed by atoms with Gasteiger partial charge in [-0.15, -0.1) is 0 Å². The Bertz CT molecular complexity index is 827. The van der Waals surface area contributed by atoms with Crippen LogP contribution in [0.4, 0.5) is 5.69 Å². The Kier molecular flexibility index (Phi) is 3.95. The first-order valence-corrected chi connectivity index (χ1v) is 8.62. The van der Waals surface area contributed by atoms with Crippen LogP contribution in [-0.4, -0.2) is 34.4 Å². The van der Waals surface area contributed by atoms with Crippen LogP contribution in [0.15, 0.2) is 36.5 Å². The minimum atomic E-state index is -0.00836. The van der Waals surface area contributed by atoms with Gasteiger partial charge in [-0.1, -0.05) is 0 Å². The van der Waals surface area contributed by atoms with Gasteiger partial charge in [0.25, 0.3) is 5.91 Å². The summed E-state index contributed by atoms with van der Waals surface area (Å²) in [7, 11) is 0. The van der Waals surface area contributed by atoms with Crippen molar-refractivity contribution in [1.29, 1.82) is 0 Å². The maximum atomic E-state index is 12.6. The summed E-state index contributed by atoms with van der Waals surface area (Å²) in [5.74, 6) is 0.697. The zero-order chi connectivity index (χ0) is 17.4. The van der Waals surface area contributed by atoms with Crippen molar-refractivity contribution < 1.29 is 14.3 Å². The molecular weight excluding hydrogens is 318 g/mol. The molecule has 0 bridgehead atoms. The second kappa shape index (κ2) is 6.27. The van der Waals surface area contributed by atoms with E-state index in [-0.39, 0.29) is 24.5 Å². The van der Waals surface area contributed by atoms with Gasteiger partial charge < -0.3 is 19.5 Å². The number of hydrogen-bond acceptors (Lipinski definition) is 3. The average molecular weight is 339 g/mol. The molecule has 4 rings (SSSR count). The lowest BCUT2D eigenvalue weighted by Gasteiger charge is -2.34. The van der Waals surface area contributed by atoms with E-state index >= 15 is 0 Å². The van der Waals surface area contributed by atoms with Crippen LogP contribution in [-0.2, 0) is 22.6 Å². The van der Waals surface area contributed by atoms with E-state index in [1.807, 2.05) is 30.0 Å². The molecule has 6 nitrogen and oxygen atoms in total. The monoisotopic (exact) mass is 339 g/mol. The van der Waals surface area contributed by atoms with Crippen LogP contribution >= 0.6 is 0 Å². The standard InChI is InChI=1S/C19H21N3O3/c1-13-17-3-2-8-21(17)9-10-22(13)19(24)12-25-15-5-6-16-14(11-15)4-7-18(23)20-16/h2-3,5-6,8,11,13H,4,7,9-10,12H2,1H3,(H,20,23)/t13-/m1/s1. The molecule has 0 saturated heterocycles. The lowest BCUT2D eigenvalue weighted by atomic mass is 10.0. The van der Waals surface area contributed by atoms with Crippen LogP contribution < -0.4 is 10.1 Å². The number of nitrogens with zero attached hydrogens (tertiary/aromatic N) is 2. The number of amides is 2. The van der Waals surface area contributed by atoms with Crippen LogP contribution in [0.1, 0.15) is 30.6 Å². The number of hydrogen-bond donors (Lipinski definition) is 1. The van der Waals surface area contributed by atoms with Gasteiger partial charge in [0, 0.05) is 37.1 Å². The molecule has 2 aromatic rings. The minimum absolute atomic E-state index is 0.00836. The summed E-state index contributed by atoms with van der Waals surface area (Å²) in [4.78, 5) is 25.9. The first kappa shape index (κ1) is 15.7. The predicted molar refractivity (Wildman–Crippen MR) is 93.4 cm³/mol. The van der Waals surface area contributed by atoms with Crippen molar-refractivity contribution in [1.82, 2.24) is 9.47 Å². The molecule has 1 atom stereocenters. The van der Waals surface area contributed by atoms with Gasteiger partial charge in [0.2, 0.25) is 5.91 Å². The molecule has 3 heterocycles. The highest BCUT2D eigenvalue weighted by atomic mass is 16.5. The number of nitrogens with one attached hydrogen (secondary N) is 1. The number of carbonyl (C=O) groups excluding carboxylic acids is 2. The van der Waals surface area contributed by atoms with E-state index in [0.717, 1.165) is 23.5 Å². The van der Waals surface area contributed by atoms with Crippen molar-refractivity contribution in [3.05, 3.63) is 47.8 Å². The van der Waals surface area contributed by atoms with Crippen molar-refractivity contribution in [3.63, 3.8) is 0 Å². The summed E-state index contributed by atoms with van der Waals surface area (Å²) in [5.41, 5.74) is 3.04. The highest BCUT2D eigenvalue weighted by molar-refractivity contribution is 5.94. The number of aryl methyl sites for hydroxylation is 1. The molecule has 0 fully saturated rings. The molecule has 0 radical (unpaired) electrons. The normalized spacial score (nSPS) is 19.0. The Morgan fingerprint density at radius 1 is 1.28 bits per heavy atom. The van der Waals surface area contributed by atoms with E-state index in [0.29, 0.717) is 25.1 Å². The molecule has 0 unspecified atom stereocenters. The third kappa shape index (κ3) is 2.99. The molecule has 1 N–H and O–H groups in total. The molecule has 2 aliphatic rings. The zero-order valence-electron chi connectivity index (χ0n) is 14.2. The number of ether oxygens (including phenoxy) is 1. The Balaban J connectivity index is 1.40. The summed E-state index contributed by atoms with van der Waals surface area (Å²) in [6.45, 7) is 3.58. The van der Waals surface area contributed by atoms with E-state index < -0.39 is 0 Å². The first-order chi connectivity index (χ1) is 12.1. The van der Waals surface area contributed by atoms with Crippen molar-refractivity contribution in [2.45, 2.75) is 32.4 Å². The highest BCUT2D eigenvalue weighted by Crippen LogP contribution is 2.28. The van der Waals surface area contributed by atoms with Gasteiger partial charge in [0.1, 0.15) is 5.75 Å². The number of benzene rings is 1. The highest BCUT2D eigenvalue weighted by Gasteiger charge is 2.27. The molecular formula is C19H21N3O3. The average Bonchev–Trinajstić information content (AvgIpc) is 3.09. The summed E-state index contributed by atoms with van der Waals surface area (Å²) in [5, 5.41) is 2.84. The topological polar surface area (TPSA) is 63.6 Å². The Morgan fingerprint density at radius 3 is 3.04 bits per heavy atom. The van der Waals surface area contributed by atoms with E-state index in [2.05, 4.69) is 22.1 Å². The quantitative estimate of drug-likeness (QED) is 0.934. The fourth-order valence-corrected chi connectivity index (χ4v) is 3.60. The van der Waals surface area contributed by atoms with Crippen molar-refractivity contribution >= 4 is 17.5 Å². The SMILES string of the molecule is C[C@@H]1c2cccn2CCN1C(=O)COc1ccc2c(c1)CCC(=O)N2. The fraction of sp³-hybridized carbons (Fsp3) is 0.368. The number of anilines is 1. The van der Waals surface area contributed by atoms with Gasteiger partial charge in [0.05, 0.1) is 6.04 Å². The van der Waals surface area contributed by atoms with Crippen LogP contribution in [0.3, 0.4) is 0 Å². The lowest BCUT2D eigenvalue weighted by Crippen LogP contribution is -2.42. The number of rotatable bonds is 3. The molecule has 6 heteroatoms. The van der Waals surface area contributed by atoms with E-state index in [1.54, 1.807) is 6.07 Å². The summed E-state index contributed by atoms with van der Waals surface area (Å²) >= 11 is 0.